The first kappa shape index (κ1) is 14.0. The Kier molecular flexibility index (Phi) is 4.82. The normalized spacial score (nSPS) is 30.3. The lowest BCUT2D eigenvalue weighted by Crippen LogP contribution is -2.47. The zero-order valence-corrected chi connectivity index (χ0v) is 12.6. The van der Waals surface area contributed by atoms with Gasteiger partial charge in [0, 0.05) is 7.11 Å². The van der Waals surface area contributed by atoms with E-state index < -0.39 is 0 Å². The van der Waals surface area contributed by atoms with E-state index in [0.717, 1.165) is 25.3 Å². The Hall–Kier alpha value is -0.380. The number of nitrogens with one attached hydrogen (secondary N) is 1. The summed E-state index contributed by atoms with van der Waals surface area (Å²) in [6, 6.07) is 2.57. The Morgan fingerprint density at radius 3 is 2.72 bits per heavy atom. The second-order valence-corrected chi connectivity index (χ2v) is 6.28. The third-order valence-corrected chi connectivity index (χ3v) is 5.04. The highest BCUT2D eigenvalue weighted by atomic mass is 32.1. The molecule has 1 unspecified atom stereocenters. The summed E-state index contributed by atoms with van der Waals surface area (Å²) in [7, 11) is 1.88. The quantitative estimate of drug-likeness (QED) is 0.871. The Balaban J connectivity index is 2.21. The lowest BCUT2D eigenvalue weighted by molar-refractivity contribution is -0.0756. The molecule has 2 nitrogen and oxygen atoms in total. The first-order valence-corrected chi connectivity index (χ1v) is 7.96. The molecule has 0 aromatic carbocycles. The first-order valence-electron chi connectivity index (χ1n) is 7.02. The number of likely N-dealkylation sites (N-methyl/N-ethyl adjacent to an activating group) is 1. The van der Waals surface area contributed by atoms with E-state index in [0.29, 0.717) is 6.04 Å². The molecular weight excluding hydrogens is 242 g/mol. The van der Waals surface area contributed by atoms with Gasteiger partial charge in [-0.1, -0.05) is 13.8 Å². The summed E-state index contributed by atoms with van der Waals surface area (Å²) in [5.41, 5.74) is 1.38. The largest absolute Gasteiger partial charge is 0.376 e. The van der Waals surface area contributed by atoms with Crippen LogP contribution < -0.4 is 5.32 Å². The van der Waals surface area contributed by atoms with Crippen molar-refractivity contribution < 1.29 is 4.74 Å². The summed E-state index contributed by atoms with van der Waals surface area (Å²) in [6.07, 6.45) is 4.89. The van der Waals surface area contributed by atoms with Crippen molar-refractivity contribution in [1.29, 1.82) is 0 Å². The maximum Gasteiger partial charge on any atom is 0.0873 e. The minimum absolute atomic E-state index is 0.0103. The average Bonchev–Trinajstić information content (AvgIpc) is 2.91. The molecule has 1 saturated carbocycles. The second-order valence-electron chi connectivity index (χ2n) is 5.50. The van der Waals surface area contributed by atoms with Crippen molar-refractivity contribution in [3.05, 3.63) is 22.4 Å². The van der Waals surface area contributed by atoms with Crippen molar-refractivity contribution in [3.63, 3.8) is 0 Å². The van der Waals surface area contributed by atoms with Gasteiger partial charge in [0.25, 0.3) is 0 Å². The van der Waals surface area contributed by atoms with Crippen LogP contribution in [-0.2, 0) is 4.74 Å². The summed E-state index contributed by atoms with van der Waals surface area (Å²) < 4.78 is 6.01. The van der Waals surface area contributed by atoms with Crippen LogP contribution in [0.2, 0.25) is 0 Å². The van der Waals surface area contributed by atoms with E-state index in [1.807, 2.05) is 7.11 Å². The number of hydrogen-bond acceptors (Lipinski definition) is 3. The summed E-state index contributed by atoms with van der Waals surface area (Å²) in [6.45, 7) is 5.52. The fourth-order valence-electron chi connectivity index (χ4n) is 3.11. The van der Waals surface area contributed by atoms with Crippen LogP contribution in [0.1, 0.15) is 51.1 Å². The fraction of sp³-hybridized carbons (Fsp3) is 0.733. The first-order chi connectivity index (χ1) is 8.72. The smallest absolute Gasteiger partial charge is 0.0873 e. The summed E-state index contributed by atoms with van der Waals surface area (Å²) >= 11 is 1.77. The van der Waals surface area contributed by atoms with Gasteiger partial charge in [-0.3, -0.25) is 0 Å². The van der Waals surface area contributed by atoms with E-state index in [1.54, 1.807) is 11.3 Å². The minimum Gasteiger partial charge on any atom is -0.376 e. The van der Waals surface area contributed by atoms with Gasteiger partial charge >= 0.3 is 0 Å². The molecule has 18 heavy (non-hydrogen) atoms. The molecule has 0 amide bonds. The van der Waals surface area contributed by atoms with Crippen molar-refractivity contribution >= 4 is 11.3 Å². The number of thiophene rings is 1. The summed E-state index contributed by atoms with van der Waals surface area (Å²) in [5.74, 6) is 0.845. The molecule has 3 heteroatoms. The van der Waals surface area contributed by atoms with E-state index in [1.165, 1.54) is 18.4 Å². The van der Waals surface area contributed by atoms with Crippen molar-refractivity contribution in [3.8, 4) is 0 Å². The number of methoxy groups -OCH3 is 1. The van der Waals surface area contributed by atoms with Crippen LogP contribution in [0.3, 0.4) is 0 Å². The molecule has 1 aliphatic carbocycles. The highest BCUT2D eigenvalue weighted by Gasteiger charge is 2.42. The Morgan fingerprint density at radius 1 is 1.50 bits per heavy atom. The summed E-state index contributed by atoms with van der Waals surface area (Å²) in [5, 5.41) is 8.06. The van der Waals surface area contributed by atoms with E-state index in [9.17, 15) is 0 Å². The maximum atomic E-state index is 6.01. The molecule has 102 valence electrons. The molecular formula is C15H25NOS. The van der Waals surface area contributed by atoms with Crippen molar-refractivity contribution in [1.82, 2.24) is 5.32 Å². The Labute approximate surface area is 115 Å². The molecule has 1 aromatic rings. The third kappa shape index (κ3) is 2.79. The van der Waals surface area contributed by atoms with Crippen LogP contribution in [0.15, 0.2) is 16.8 Å². The molecule has 1 fully saturated rings. The van der Waals surface area contributed by atoms with Crippen LogP contribution in [0.25, 0.3) is 0 Å². The van der Waals surface area contributed by atoms with Gasteiger partial charge in [-0.15, -0.1) is 0 Å². The fourth-order valence-corrected chi connectivity index (χ4v) is 3.80. The predicted octanol–water partition coefficient (Wildman–Crippen LogP) is 3.99. The van der Waals surface area contributed by atoms with E-state index in [2.05, 4.69) is 36.0 Å². The molecule has 1 N–H and O–H groups in total. The van der Waals surface area contributed by atoms with Crippen molar-refractivity contribution in [2.75, 3.05) is 13.7 Å². The summed E-state index contributed by atoms with van der Waals surface area (Å²) in [4.78, 5) is 0. The molecule has 0 aliphatic heterocycles. The van der Waals surface area contributed by atoms with Crippen molar-refractivity contribution in [2.45, 2.75) is 51.2 Å². The maximum absolute atomic E-state index is 6.01. The number of hydrogen-bond donors (Lipinski definition) is 1. The molecule has 1 aliphatic rings. The number of ether oxygens (including phenoxy) is 1. The highest BCUT2D eigenvalue weighted by Crippen LogP contribution is 2.43. The molecule has 1 aromatic heterocycles. The zero-order valence-electron chi connectivity index (χ0n) is 11.7. The van der Waals surface area contributed by atoms with Gasteiger partial charge in [-0.05, 0) is 60.5 Å². The standard InChI is InChI=1S/C15H25NOS/c1-4-16-14(13-7-10-18-11-13)15(17-3)8-5-12(2)6-9-15/h7,10-12,14,16H,4-6,8-9H2,1-3H3. The lowest BCUT2D eigenvalue weighted by atomic mass is 9.74. The van der Waals surface area contributed by atoms with Gasteiger partial charge in [0.1, 0.15) is 0 Å². The van der Waals surface area contributed by atoms with Crippen LogP contribution in [0, 0.1) is 5.92 Å². The average molecular weight is 267 g/mol. The van der Waals surface area contributed by atoms with E-state index >= 15 is 0 Å². The van der Waals surface area contributed by atoms with Crippen LogP contribution >= 0.6 is 11.3 Å². The van der Waals surface area contributed by atoms with E-state index in [-0.39, 0.29) is 5.60 Å². The van der Waals surface area contributed by atoms with Gasteiger partial charge in [0.15, 0.2) is 0 Å². The number of rotatable bonds is 5. The SMILES string of the molecule is CCNC(c1ccsc1)C1(OC)CCC(C)CC1. The zero-order chi connectivity index (χ0) is 13.0. The van der Waals surface area contributed by atoms with Gasteiger partial charge in [-0.2, -0.15) is 11.3 Å². The van der Waals surface area contributed by atoms with Crippen LogP contribution in [0.5, 0.6) is 0 Å². The van der Waals surface area contributed by atoms with Crippen LogP contribution in [0.4, 0.5) is 0 Å². The van der Waals surface area contributed by atoms with Gasteiger partial charge in [0.2, 0.25) is 0 Å². The Bertz CT molecular complexity index is 341. The topological polar surface area (TPSA) is 21.3 Å². The molecule has 2 rings (SSSR count). The molecule has 0 spiro atoms. The molecule has 0 saturated heterocycles. The Morgan fingerprint density at radius 2 is 2.22 bits per heavy atom. The van der Waals surface area contributed by atoms with Gasteiger partial charge < -0.3 is 10.1 Å². The third-order valence-electron chi connectivity index (χ3n) is 4.34. The highest BCUT2D eigenvalue weighted by molar-refractivity contribution is 7.07. The van der Waals surface area contributed by atoms with Gasteiger partial charge in [0.05, 0.1) is 11.6 Å². The van der Waals surface area contributed by atoms with E-state index in [4.69, 9.17) is 4.74 Å². The van der Waals surface area contributed by atoms with Crippen LogP contribution in [-0.4, -0.2) is 19.3 Å². The second kappa shape index (κ2) is 6.18. The molecule has 1 heterocycles. The minimum atomic E-state index is -0.0103. The molecule has 1 atom stereocenters. The molecule has 0 radical (unpaired) electrons. The predicted molar refractivity (Wildman–Crippen MR) is 78.1 cm³/mol. The van der Waals surface area contributed by atoms with Crippen molar-refractivity contribution in [2.24, 2.45) is 5.92 Å². The lowest BCUT2D eigenvalue weighted by Gasteiger charge is -2.44. The molecule has 0 bridgehead atoms. The monoisotopic (exact) mass is 267 g/mol. The van der Waals surface area contributed by atoms with Gasteiger partial charge in [-0.25, -0.2) is 0 Å².